The van der Waals surface area contributed by atoms with E-state index in [0.717, 1.165) is 16.8 Å². The molecule has 96 valence electrons. The van der Waals surface area contributed by atoms with E-state index >= 15 is 0 Å². The minimum absolute atomic E-state index is 0.0550. The van der Waals surface area contributed by atoms with Crippen LogP contribution in [0.25, 0.3) is 0 Å². The van der Waals surface area contributed by atoms with Crippen LogP contribution in [-0.2, 0) is 9.59 Å². The number of amides is 2. The van der Waals surface area contributed by atoms with Crippen molar-refractivity contribution >= 4 is 23.2 Å². The molecule has 5 nitrogen and oxygen atoms in total. The Balaban J connectivity index is 2.53. The first-order valence-electron chi connectivity index (χ1n) is 5.94. The number of benzene rings is 1. The first-order chi connectivity index (χ1) is 8.52. The second-order valence-corrected chi connectivity index (χ2v) is 4.50. The van der Waals surface area contributed by atoms with E-state index in [-0.39, 0.29) is 18.4 Å². The molecular weight excluding hydrogens is 230 g/mol. The maximum Gasteiger partial charge on any atom is 0.240 e. The van der Waals surface area contributed by atoms with Crippen LogP contribution in [0.4, 0.5) is 11.4 Å². The molecule has 0 unspecified atom stereocenters. The molecule has 0 spiro atoms. The van der Waals surface area contributed by atoms with Crippen LogP contribution in [0.2, 0.25) is 0 Å². The number of rotatable bonds is 1. The number of nitrogens with zero attached hydrogens (tertiary/aromatic N) is 1. The lowest BCUT2D eigenvalue weighted by Crippen LogP contribution is -2.36. The molecule has 18 heavy (non-hydrogen) atoms. The average Bonchev–Trinajstić information content (AvgIpc) is 2.48. The first-order valence-corrected chi connectivity index (χ1v) is 5.94. The van der Waals surface area contributed by atoms with Crippen molar-refractivity contribution in [3.05, 3.63) is 23.3 Å². The summed E-state index contributed by atoms with van der Waals surface area (Å²) >= 11 is 0. The molecule has 1 aromatic rings. The fourth-order valence-electron chi connectivity index (χ4n) is 2.04. The molecule has 0 fully saturated rings. The Morgan fingerprint density at radius 2 is 2.06 bits per heavy atom. The van der Waals surface area contributed by atoms with E-state index < -0.39 is 0 Å². The van der Waals surface area contributed by atoms with E-state index in [1.54, 1.807) is 4.90 Å². The highest BCUT2D eigenvalue weighted by Gasteiger charge is 2.23. The summed E-state index contributed by atoms with van der Waals surface area (Å²) in [4.78, 5) is 25.0. The summed E-state index contributed by atoms with van der Waals surface area (Å²) in [5, 5.41) is 2.83. The predicted molar refractivity (Wildman–Crippen MR) is 70.6 cm³/mol. The summed E-state index contributed by atoms with van der Waals surface area (Å²) in [5.41, 5.74) is 9.00. The Labute approximate surface area is 106 Å². The Kier molecular flexibility index (Phi) is 3.34. The van der Waals surface area contributed by atoms with Crippen LogP contribution in [0, 0.1) is 13.8 Å². The number of anilines is 2. The molecule has 5 heteroatoms. The molecule has 0 atom stereocenters. The van der Waals surface area contributed by atoms with Gasteiger partial charge in [0.2, 0.25) is 11.8 Å². The van der Waals surface area contributed by atoms with E-state index in [4.69, 9.17) is 5.73 Å². The third-order valence-corrected chi connectivity index (χ3v) is 3.22. The zero-order valence-corrected chi connectivity index (χ0v) is 10.6. The second-order valence-electron chi connectivity index (χ2n) is 4.50. The molecule has 2 amide bonds. The van der Waals surface area contributed by atoms with Gasteiger partial charge in [-0.15, -0.1) is 0 Å². The monoisotopic (exact) mass is 247 g/mol. The standard InChI is InChI=1S/C13H17N3O2/c1-8-5-10-11(6-9(8)2)16(13(18)7-14)4-3-12(17)15-10/h5-6H,3-4,7,14H2,1-2H3,(H,15,17). The smallest absolute Gasteiger partial charge is 0.240 e. The fourth-order valence-corrected chi connectivity index (χ4v) is 2.04. The van der Waals surface area contributed by atoms with Gasteiger partial charge >= 0.3 is 0 Å². The summed E-state index contributed by atoms with van der Waals surface area (Å²) in [6, 6.07) is 3.81. The zero-order chi connectivity index (χ0) is 13.3. The number of carbonyl (C=O) groups excluding carboxylic acids is 2. The molecule has 0 aliphatic carbocycles. The Hall–Kier alpha value is -1.88. The number of aryl methyl sites for hydroxylation is 2. The SMILES string of the molecule is Cc1cc2c(cc1C)N(C(=O)CN)CCC(=O)N2. The Morgan fingerprint density at radius 3 is 2.72 bits per heavy atom. The van der Waals surface area contributed by atoms with Gasteiger partial charge < -0.3 is 16.0 Å². The lowest BCUT2D eigenvalue weighted by atomic mass is 10.1. The van der Waals surface area contributed by atoms with Gasteiger partial charge in [0.05, 0.1) is 17.9 Å². The predicted octanol–water partition coefficient (Wildman–Crippen LogP) is 0.937. The van der Waals surface area contributed by atoms with Gasteiger partial charge in [-0.2, -0.15) is 0 Å². The summed E-state index contributed by atoms with van der Waals surface area (Å²) in [5.74, 6) is -0.247. The highest BCUT2D eigenvalue weighted by atomic mass is 16.2. The van der Waals surface area contributed by atoms with Gasteiger partial charge in [0.25, 0.3) is 0 Å². The van der Waals surface area contributed by atoms with Crippen LogP contribution in [-0.4, -0.2) is 24.9 Å². The van der Waals surface area contributed by atoms with Crippen LogP contribution in [0.5, 0.6) is 0 Å². The van der Waals surface area contributed by atoms with E-state index in [2.05, 4.69) is 5.32 Å². The maximum absolute atomic E-state index is 11.8. The van der Waals surface area contributed by atoms with Crippen molar-refractivity contribution in [2.45, 2.75) is 20.3 Å². The van der Waals surface area contributed by atoms with Crippen LogP contribution in [0.1, 0.15) is 17.5 Å². The number of fused-ring (bicyclic) bond motifs is 1. The van der Waals surface area contributed by atoms with E-state index in [9.17, 15) is 9.59 Å². The lowest BCUT2D eigenvalue weighted by Gasteiger charge is -2.22. The molecular formula is C13H17N3O2. The molecule has 1 aliphatic heterocycles. The van der Waals surface area contributed by atoms with Crippen LogP contribution in [0.3, 0.4) is 0 Å². The van der Waals surface area contributed by atoms with Crippen LogP contribution < -0.4 is 16.0 Å². The van der Waals surface area contributed by atoms with Crippen molar-refractivity contribution in [2.75, 3.05) is 23.3 Å². The molecule has 1 aliphatic rings. The van der Waals surface area contributed by atoms with Gasteiger partial charge in [0.15, 0.2) is 0 Å². The number of hydrogen-bond acceptors (Lipinski definition) is 3. The Bertz CT molecular complexity index is 511. The molecule has 3 N–H and O–H groups in total. The molecule has 1 heterocycles. The van der Waals surface area contributed by atoms with Gasteiger partial charge in [0, 0.05) is 13.0 Å². The zero-order valence-electron chi connectivity index (χ0n) is 10.6. The van der Waals surface area contributed by atoms with Gasteiger partial charge in [-0.3, -0.25) is 9.59 Å². The molecule has 0 aromatic heterocycles. The van der Waals surface area contributed by atoms with Gasteiger partial charge in [-0.25, -0.2) is 0 Å². The van der Waals surface area contributed by atoms with E-state index in [1.165, 1.54) is 0 Å². The minimum atomic E-state index is -0.170. The topological polar surface area (TPSA) is 75.4 Å². The minimum Gasteiger partial charge on any atom is -0.324 e. The third-order valence-electron chi connectivity index (χ3n) is 3.22. The number of hydrogen-bond donors (Lipinski definition) is 2. The summed E-state index contributed by atoms with van der Waals surface area (Å²) < 4.78 is 0. The van der Waals surface area contributed by atoms with Gasteiger partial charge in [-0.1, -0.05) is 0 Å². The molecule has 0 bridgehead atoms. The highest BCUT2D eigenvalue weighted by molar-refractivity contribution is 6.04. The van der Waals surface area contributed by atoms with E-state index in [1.807, 2.05) is 26.0 Å². The Morgan fingerprint density at radius 1 is 1.39 bits per heavy atom. The largest absolute Gasteiger partial charge is 0.324 e. The third kappa shape index (κ3) is 2.22. The van der Waals surface area contributed by atoms with Crippen LogP contribution >= 0.6 is 0 Å². The number of nitrogens with one attached hydrogen (secondary N) is 1. The van der Waals surface area contributed by atoms with Crippen molar-refractivity contribution in [1.82, 2.24) is 0 Å². The molecule has 0 saturated heterocycles. The molecule has 0 radical (unpaired) electrons. The summed E-state index contributed by atoms with van der Waals surface area (Å²) in [6.07, 6.45) is 0.290. The van der Waals surface area contributed by atoms with Crippen molar-refractivity contribution in [3.8, 4) is 0 Å². The van der Waals surface area contributed by atoms with Crippen molar-refractivity contribution in [1.29, 1.82) is 0 Å². The maximum atomic E-state index is 11.8. The molecule has 0 saturated carbocycles. The number of nitrogens with two attached hydrogens (primary N) is 1. The number of carbonyl (C=O) groups is 2. The first kappa shape index (κ1) is 12.6. The highest BCUT2D eigenvalue weighted by Crippen LogP contribution is 2.31. The van der Waals surface area contributed by atoms with Gasteiger partial charge in [-0.05, 0) is 37.1 Å². The van der Waals surface area contributed by atoms with Crippen molar-refractivity contribution < 1.29 is 9.59 Å². The normalized spacial score (nSPS) is 14.8. The van der Waals surface area contributed by atoms with Gasteiger partial charge in [0.1, 0.15) is 0 Å². The summed E-state index contributed by atoms with van der Waals surface area (Å²) in [7, 11) is 0. The fraction of sp³-hybridized carbons (Fsp3) is 0.385. The molecule has 2 rings (SSSR count). The van der Waals surface area contributed by atoms with Crippen molar-refractivity contribution in [3.63, 3.8) is 0 Å². The van der Waals surface area contributed by atoms with E-state index in [0.29, 0.717) is 18.7 Å². The molecule has 1 aromatic carbocycles. The summed E-state index contributed by atoms with van der Waals surface area (Å²) in [6.45, 7) is 4.27. The second kappa shape index (κ2) is 4.78. The average molecular weight is 247 g/mol. The van der Waals surface area contributed by atoms with Crippen molar-refractivity contribution in [2.24, 2.45) is 5.73 Å². The lowest BCUT2D eigenvalue weighted by molar-refractivity contribution is -0.117. The quantitative estimate of drug-likeness (QED) is 0.775. The van der Waals surface area contributed by atoms with Crippen LogP contribution in [0.15, 0.2) is 12.1 Å².